The fourth-order valence-electron chi connectivity index (χ4n) is 1.81. The molecule has 2 aromatic rings. The lowest BCUT2D eigenvalue weighted by molar-refractivity contribution is 0.769. The van der Waals surface area contributed by atoms with Crippen molar-refractivity contribution in [3.63, 3.8) is 0 Å². The van der Waals surface area contributed by atoms with Crippen LogP contribution < -0.4 is 5.32 Å². The lowest BCUT2D eigenvalue weighted by Gasteiger charge is -1.94. The number of rotatable bonds is 0. The number of thiophene rings is 1. The minimum Gasteiger partial charge on any atom is -0.308 e. The van der Waals surface area contributed by atoms with Gasteiger partial charge in [0, 0.05) is 27.1 Å². The number of hydrogen-bond acceptors (Lipinski definition) is 2. The van der Waals surface area contributed by atoms with Crippen molar-refractivity contribution in [3.8, 4) is 0 Å². The van der Waals surface area contributed by atoms with Crippen molar-refractivity contribution in [3.05, 3.63) is 33.1 Å². The average molecular weight is 254 g/mol. The van der Waals surface area contributed by atoms with Gasteiger partial charge in [-0.05, 0) is 29.1 Å². The highest BCUT2D eigenvalue weighted by atomic mass is 79.9. The third kappa shape index (κ3) is 1.15. The van der Waals surface area contributed by atoms with Gasteiger partial charge in [-0.2, -0.15) is 0 Å². The van der Waals surface area contributed by atoms with Gasteiger partial charge in [0.2, 0.25) is 0 Å². The smallest absolute Gasteiger partial charge is 0.0350 e. The molecule has 2 heterocycles. The predicted octanol–water partition coefficient (Wildman–Crippen LogP) is 3.27. The Kier molecular flexibility index (Phi) is 1.72. The lowest BCUT2D eigenvalue weighted by Crippen LogP contribution is -2.00. The van der Waals surface area contributed by atoms with Crippen LogP contribution in [-0.2, 0) is 13.1 Å². The van der Waals surface area contributed by atoms with Gasteiger partial charge < -0.3 is 5.32 Å². The van der Waals surface area contributed by atoms with Crippen LogP contribution in [0.15, 0.2) is 22.7 Å². The molecule has 1 nitrogen and oxygen atoms in total. The number of fused-ring (bicyclic) bond motifs is 3. The fourth-order valence-corrected chi connectivity index (χ4v) is 3.34. The van der Waals surface area contributed by atoms with Crippen molar-refractivity contribution >= 4 is 37.4 Å². The Bertz CT molecular complexity index is 475. The third-order valence-electron chi connectivity index (χ3n) is 2.42. The molecule has 0 spiro atoms. The maximum Gasteiger partial charge on any atom is 0.0350 e. The van der Waals surface area contributed by atoms with E-state index in [1.165, 1.54) is 25.0 Å². The molecule has 0 atom stereocenters. The highest BCUT2D eigenvalue weighted by Gasteiger charge is 2.16. The van der Waals surface area contributed by atoms with Gasteiger partial charge in [-0.25, -0.2) is 0 Å². The van der Waals surface area contributed by atoms with Gasteiger partial charge in [-0.15, -0.1) is 11.3 Å². The minimum atomic E-state index is 1.03. The van der Waals surface area contributed by atoms with Gasteiger partial charge in [0.25, 0.3) is 0 Å². The first-order valence-corrected chi connectivity index (χ1v) is 5.86. The molecule has 1 aliphatic heterocycles. The Morgan fingerprint density at radius 3 is 3.15 bits per heavy atom. The summed E-state index contributed by atoms with van der Waals surface area (Å²) in [6.45, 7) is 2.08. The first kappa shape index (κ1) is 7.97. The van der Waals surface area contributed by atoms with E-state index in [1.807, 2.05) is 11.3 Å². The summed E-state index contributed by atoms with van der Waals surface area (Å²) in [6, 6.07) is 6.53. The van der Waals surface area contributed by atoms with Crippen LogP contribution in [0.5, 0.6) is 0 Å². The van der Waals surface area contributed by atoms with Crippen LogP contribution in [-0.4, -0.2) is 0 Å². The third-order valence-corrected chi connectivity index (χ3v) is 4.13. The number of nitrogens with one attached hydrogen (secondary N) is 1. The minimum absolute atomic E-state index is 1.03. The predicted molar refractivity (Wildman–Crippen MR) is 60.1 cm³/mol. The molecule has 0 saturated heterocycles. The van der Waals surface area contributed by atoms with Crippen molar-refractivity contribution < 1.29 is 0 Å². The Labute approximate surface area is 88.9 Å². The Hall–Kier alpha value is -0.380. The summed E-state index contributed by atoms with van der Waals surface area (Å²) < 4.78 is 2.59. The largest absolute Gasteiger partial charge is 0.308 e. The SMILES string of the molecule is Brc1ccc2sc3c(c2c1)CNC3. The highest BCUT2D eigenvalue weighted by Crippen LogP contribution is 2.35. The quantitative estimate of drug-likeness (QED) is 0.760. The van der Waals surface area contributed by atoms with Crippen LogP contribution in [0.3, 0.4) is 0 Å². The number of hydrogen-bond donors (Lipinski definition) is 1. The molecule has 0 radical (unpaired) electrons. The number of benzene rings is 1. The van der Waals surface area contributed by atoms with Crippen LogP contribution in [0.25, 0.3) is 10.1 Å². The number of halogens is 1. The molecule has 1 aromatic heterocycles. The molecule has 13 heavy (non-hydrogen) atoms. The maximum atomic E-state index is 3.51. The monoisotopic (exact) mass is 253 g/mol. The summed E-state index contributed by atoms with van der Waals surface area (Å²) in [4.78, 5) is 1.51. The highest BCUT2D eigenvalue weighted by molar-refractivity contribution is 9.10. The van der Waals surface area contributed by atoms with E-state index in [-0.39, 0.29) is 0 Å². The van der Waals surface area contributed by atoms with E-state index in [9.17, 15) is 0 Å². The molecule has 1 aliphatic rings. The van der Waals surface area contributed by atoms with Crippen LogP contribution in [0.4, 0.5) is 0 Å². The van der Waals surface area contributed by atoms with Crippen LogP contribution in [0, 0.1) is 0 Å². The maximum absolute atomic E-state index is 3.51. The van der Waals surface area contributed by atoms with Crippen molar-refractivity contribution in [1.29, 1.82) is 0 Å². The zero-order valence-electron chi connectivity index (χ0n) is 6.93. The molecule has 1 aromatic carbocycles. The van der Waals surface area contributed by atoms with Crippen LogP contribution in [0.1, 0.15) is 10.4 Å². The second-order valence-corrected chi connectivity index (χ2v) is 5.30. The van der Waals surface area contributed by atoms with Gasteiger partial charge in [-0.3, -0.25) is 0 Å². The molecule has 66 valence electrons. The van der Waals surface area contributed by atoms with E-state index in [2.05, 4.69) is 39.4 Å². The molecule has 3 rings (SSSR count). The van der Waals surface area contributed by atoms with E-state index in [4.69, 9.17) is 0 Å². The second-order valence-electron chi connectivity index (χ2n) is 3.25. The van der Waals surface area contributed by atoms with Crippen molar-refractivity contribution in [2.24, 2.45) is 0 Å². The van der Waals surface area contributed by atoms with Gasteiger partial charge >= 0.3 is 0 Å². The Balaban J connectivity index is 2.40. The summed E-state index contributed by atoms with van der Waals surface area (Å²) in [5.74, 6) is 0. The second kappa shape index (κ2) is 2.80. The zero-order chi connectivity index (χ0) is 8.84. The summed E-state index contributed by atoms with van der Waals surface area (Å²) in [7, 11) is 0. The topological polar surface area (TPSA) is 12.0 Å². The van der Waals surface area contributed by atoms with E-state index in [1.54, 1.807) is 0 Å². The normalized spacial score (nSPS) is 15.2. The molecule has 0 fully saturated rings. The summed E-state index contributed by atoms with van der Waals surface area (Å²) in [6.07, 6.45) is 0. The summed E-state index contributed by atoms with van der Waals surface area (Å²) >= 11 is 5.42. The van der Waals surface area contributed by atoms with E-state index < -0.39 is 0 Å². The molecule has 1 N–H and O–H groups in total. The van der Waals surface area contributed by atoms with Gasteiger partial charge in [-0.1, -0.05) is 15.9 Å². The Morgan fingerprint density at radius 1 is 1.31 bits per heavy atom. The summed E-state index contributed by atoms with van der Waals surface area (Å²) in [5.41, 5.74) is 1.50. The standard InChI is InChI=1S/C10H8BrNS/c11-6-1-2-9-7(3-6)8-4-12-5-10(8)13-9/h1-3,12H,4-5H2. The molecule has 0 saturated carbocycles. The first-order chi connectivity index (χ1) is 6.34. The molecular weight excluding hydrogens is 246 g/mol. The van der Waals surface area contributed by atoms with E-state index in [0.717, 1.165) is 13.1 Å². The molecule has 0 unspecified atom stereocenters. The van der Waals surface area contributed by atoms with E-state index >= 15 is 0 Å². The zero-order valence-corrected chi connectivity index (χ0v) is 9.33. The van der Waals surface area contributed by atoms with Crippen molar-refractivity contribution in [2.45, 2.75) is 13.1 Å². The van der Waals surface area contributed by atoms with E-state index in [0.29, 0.717) is 0 Å². The molecule has 0 aliphatic carbocycles. The molecule has 3 heteroatoms. The van der Waals surface area contributed by atoms with Gasteiger partial charge in [0.1, 0.15) is 0 Å². The van der Waals surface area contributed by atoms with Crippen molar-refractivity contribution in [2.75, 3.05) is 0 Å². The lowest BCUT2D eigenvalue weighted by atomic mass is 10.1. The Morgan fingerprint density at radius 2 is 2.23 bits per heavy atom. The van der Waals surface area contributed by atoms with Gasteiger partial charge in [0.15, 0.2) is 0 Å². The average Bonchev–Trinajstić information content (AvgIpc) is 2.64. The molecule has 0 bridgehead atoms. The van der Waals surface area contributed by atoms with Crippen molar-refractivity contribution in [1.82, 2.24) is 5.32 Å². The van der Waals surface area contributed by atoms with Gasteiger partial charge in [0.05, 0.1) is 0 Å². The summed E-state index contributed by atoms with van der Waals surface area (Å²) in [5, 5.41) is 4.79. The fraction of sp³-hybridized carbons (Fsp3) is 0.200. The molecule has 0 amide bonds. The van der Waals surface area contributed by atoms with Crippen LogP contribution >= 0.6 is 27.3 Å². The van der Waals surface area contributed by atoms with Crippen LogP contribution in [0.2, 0.25) is 0 Å². The first-order valence-electron chi connectivity index (χ1n) is 4.25. The molecular formula is C10H8BrNS.